The number of hydrogen-bond donors (Lipinski definition) is 1. The first kappa shape index (κ1) is 23.1. The maximum absolute atomic E-state index is 12.1. The molecular formula is C21H32O6. The largest absolute Gasteiger partial charge is 0.469 e. The topological polar surface area (TPSA) is 89.9 Å². The second kappa shape index (κ2) is 12.4. The summed E-state index contributed by atoms with van der Waals surface area (Å²) in [5.41, 5.74) is 1.59. The van der Waals surface area contributed by atoms with E-state index in [1.165, 1.54) is 14.0 Å². The van der Waals surface area contributed by atoms with Crippen molar-refractivity contribution < 1.29 is 29.0 Å². The first-order valence-corrected chi connectivity index (χ1v) is 9.71. The van der Waals surface area contributed by atoms with Gasteiger partial charge in [0.15, 0.2) is 5.78 Å². The Bertz CT molecular complexity index is 575. The van der Waals surface area contributed by atoms with Gasteiger partial charge in [-0.25, -0.2) is 0 Å². The zero-order valence-electron chi connectivity index (χ0n) is 16.7. The normalized spacial score (nSPS) is 18.2. The van der Waals surface area contributed by atoms with Crippen molar-refractivity contribution >= 4 is 17.7 Å². The lowest BCUT2D eigenvalue weighted by atomic mass is 9.98. The standard InChI is InChI=1S/C21H32O6/c1-4-5-6-10-17-18(20(24)14-19(17)23)11-8-7-9-16(27-15(2)22)12-13-21(25)26-3/h5-6,16,20,24H,4,7-14H2,1-3H3/b6-5-/t16-,20+/m0/s1. The number of esters is 2. The Morgan fingerprint density at radius 1 is 1.26 bits per heavy atom. The van der Waals surface area contributed by atoms with Gasteiger partial charge in [-0.3, -0.25) is 14.4 Å². The van der Waals surface area contributed by atoms with Crippen molar-refractivity contribution in [1.82, 2.24) is 0 Å². The molecule has 0 amide bonds. The molecule has 1 rings (SSSR count). The Kier molecular flexibility index (Phi) is 10.6. The molecule has 0 aromatic carbocycles. The average molecular weight is 380 g/mol. The fourth-order valence-electron chi connectivity index (χ4n) is 3.30. The van der Waals surface area contributed by atoms with Crippen LogP contribution in [0.15, 0.2) is 23.3 Å². The molecule has 0 aromatic rings. The summed E-state index contributed by atoms with van der Waals surface area (Å²) in [5.74, 6) is -0.654. The van der Waals surface area contributed by atoms with Gasteiger partial charge in [-0.05, 0) is 50.5 Å². The Balaban J connectivity index is 2.53. The summed E-state index contributed by atoms with van der Waals surface area (Å²) in [5, 5.41) is 10.2. The van der Waals surface area contributed by atoms with Crippen LogP contribution in [0.25, 0.3) is 0 Å². The van der Waals surface area contributed by atoms with Crippen LogP contribution >= 0.6 is 0 Å². The second-order valence-corrected chi connectivity index (χ2v) is 6.82. The van der Waals surface area contributed by atoms with E-state index < -0.39 is 6.10 Å². The van der Waals surface area contributed by atoms with E-state index in [1.54, 1.807) is 0 Å². The monoisotopic (exact) mass is 380 g/mol. The molecule has 0 aromatic heterocycles. The summed E-state index contributed by atoms with van der Waals surface area (Å²) in [4.78, 5) is 34.6. The van der Waals surface area contributed by atoms with Gasteiger partial charge < -0.3 is 14.6 Å². The third-order valence-corrected chi connectivity index (χ3v) is 4.68. The third-order valence-electron chi connectivity index (χ3n) is 4.68. The smallest absolute Gasteiger partial charge is 0.305 e. The number of aliphatic hydroxyl groups excluding tert-OH is 1. The average Bonchev–Trinajstić information content (AvgIpc) is 2.89. The molecule has 0 saturated carbocycles. The van der Waals surface area contributed by atoms with E-state index in [2.05, 4.69) is 4.74 Å². The number of carbonyl (C=O) groups excluding carboxylic acids is 3. The van der Waals surface area contributed by atoms with Crippen molar-refractivity contribution in [2.75, 3.05) is 7.11 Å². The van der Waals surface area contributed by atoms with Gasteiger partial charge in [0.1, 0.15) is 6.10 Å². The van der Waals surface area contributed by atoms with E-state index in [4.69, 9.17) is 4.74 Å². The second-order valence-electron chi connectivity index (χ2n) is 6.82. The van der Waals surface area contributed by atoms with Crippen LogP contribution in [0, 0.1) is 0 Å². The highest BCUT2D eigenvalue weighted by molar-refractivity contribution is 5.99. The van der Waals surface area contributed by atoms with Crippen LogP contribution < -0.4 is 0 Å². The fraction of sp³-hybridized carbons (Fsp3) is 0.667. The van der Waals surface area contributed by atoms with Crippen molar-refractivity contribution in [3.05, 3.63) is 23.3 Å². The molecular weight excluding hydrogens is 348 g/mol. The molecule has 6 nitrogen and oxygen atoms in total. The number of rotatable bonds is 12. The Labute approximate surface area is 161 Å². The highest BCUT2D eigenvalue weighted by Gasteiger charge is 2.29. The summed E-state index contributed by atoms with van der Waals surface area (Å²) in [6.45, 7) is 3.39. The van der Waals surface area contributed by atoms with Crippen LogP contribution in [0.1, 0.15) is 71.6 Å². The highest BCUT2D eigenvalue weighted by Crippen LogP contribution is 2.30. The van der Waals surface area contributed by atoms with Crippen LogP contribution in [0.2, 0.25) is 0 Å². The lowest BCUT2D eigenvalue weighted by molar-refractivity contribution is -0.149. The summed E-state index contributed by atoms with van der Waals surface area (Å²) in [6, 6.07) is 0. The molecule has 1 aliphatic carbocycles. The summed E-state index contributed by atoms with van der Waals surface area (Å²) in [6.07, 6.45) is 8.19. The van der Waals surface area contributed by atoms with Crippen molar-refractivity contribution in [2.45, 2.75) is 83.8 Å². The maximum atomic E-state index is 12.1. The van der Waals surface area contributed by atoms with Gasteiger partial charge in [-0.15, -0.1) is 0 Å². The number of hydrogen-bond acceptors (Lipinski definition) is 6. The molecule has 0 spiro atoms. The molecule has 0 aliphatic heterocycles. The number of ketones is 1. The predicted molar refractivity (Wildman–Crippen MR) is 102 cm³/mol. The van der Waals surface area contributed by atoms with Crippen molar-refractivity contribution in [3.8, 4) is 0 Å². The molecule has 2 atom stereocenters. The van der Waals surface area contributed by atoms with Gasteiger partial charge in [0.05, 0.1) is 13.2 Å². The molecule has 1 aliphatic rings. The molecule has 152 valence electrons. The van der Waals surface area contributed by atoms with E-state index in [-0.39, 0.29) is 36.7 Å². The predicted octanol–water partition coefficient (Wildman–Crippen LogP) is 3.42. The summed E-state index contributed by atoms with van der Waals surface area (Å²) in [7, 11) is 1.33. The number of aliphatic hydroxyl groups is 1. The van der Waals surface area contributed by atoms with E-state index in [9.17, 15) is 19.5 Å². The van der Waals surface area contributed by atoms with E-state index in [1.807, 2.05) is 19.1 Å². The Morgan fingerprint density at radius 2 is 2.00 bits per heavy atom. The van der Waals surface area contributed by atoms with Crippen LogP contribution in [-0.2, 0) is 23.9 Å². The van der Waals surface area contributed by atoms with Crippen molar-refractivity contribution in [2.24, 2.45) is 0 Å². The van der Waals surface area contributed by atoms with Gasteiger partial charge in [0.2, 0.25) is 0 Å². The number of ether oxygens (including phenoxy) is 2. The van der Waals surface area contributed by atoms with Gasteiger partial charge in [0.25, 0.3) is 0 Å². The summed E-state index contributed by atoms with van der Waals surface area (Å²) < 4.78 is 9.89. The SMILES string of the molecule is CC/C=C\CC1=C(CCCC[C@@H](CCC(=O)OC)OC(C)=O)[C@H](O)CC1=O. The molecule has 6 heteroatoms. The molecule has 0 bridgehead atoms. The van der Waals surface area contributed by atoms with E-state index >= 15 is 0 Å². The molecule has 0 fully saturated rings. The number of Topliss-reactive ketones (excluding diaryl/α,β-unsaturated/α-hetero) is 1. The first-order chi connectivity index (χ1) is 12.9. The highest BCUT2D eigenvalue weighted by atomic mass is 16.5. The van der Waals surface area contributed by atoms with Crippen molar-refractivity contribution in [3.63, 3.8) is 0 Å². The van der Waals surface area contributed by atoms with Gasteiger partial charge in [-0.2, -0.15) is 0 Å². The number of carbonyl (C=O) groups is 3. The minimum Gasteiger partial charge on any atom is -0.469 e. The number of allylic oxidation sites excluding steroid dienone is 3. The van der Waals surface area contributed by atoms with Crippen LogP contribution in [0.3, 0.4) is 0 Å². The maximum Gasteiger partial charge on any atom is 0.305 e. The lowest BCUT2D eigenvalue weighted by Gasteiger charge is -2.17. The van der Waals surface area contributed by atoms with Gasteiger partial charge >= 0.3 is 11.9 Å². The number of methoxy groups -OCH3 is 1. The molecule has 0 unspecified atom stereocenters. The van der Waals surface area contributed by atoms with Crippen LogP contribution in [-0.4, -0.2) is 42.1 Å². The zero-order valence-corrected chi connectivity index (χ0v) is 16.7. The van der Waals surface area contributed by atoms with Crippen LogP contribution in [0.4, 0.5) is 0 Å². The van der Waals surface area contributed by atoms with Gasteiger partial charge in [-0.1, -0.05) is 19.1 Å². The lowest BCUT2D eigenvalue weighted by Crippen LogP contribution is -2.18. The molecule has 27 heavy (non-hydrogen) atoms. The zero-order chi connectivity index (χ0) is 20.2. The molecule has 0 heterocycles. The Morgan fingerprint density at radius 3 is 2.63 bits per heavy atom. The molecule has 0 saturated heterocycles. The molecule has 0 radical (unpaired) electrons. The third kappa shape index (κ3) is 8.52. The van der Waals surface area contributed by atoms with E-state index in [0.717, 1.165) is 30.4 Å². The quantitative estimate of drug-likeness (QED) is 0.317. The van der Waals surface area contributed by atoms with Crippen LogP contribution in [0.5, 0.6) is 0 Å². The molecule has 1 N–H and O–H groups in total. The minimum atomic E-state index is -0.675. The van der Waals surface area contributed by atoms with Gasteiger partial charge in [0, 0.05) is 25.3 Å². The number of unbranched alkanes of at least 4 members (excludes halogenated alkanes) is 1. The summed E-state index contributed by atoms with van der Waals surface area (Å²) >= 11 is 0. The Hall–Kier alpha value is -1.95. The fourth-order valence-corrected chi connectivity index (χ4v) is 3.30. The first-order valence-electron chi connectivity index (χ1n) is 9.71. The van der Waals surface area contributed by atoms with E-state index in [0.29, 0.717) is 25.7 Å². The van der Waals surface area contributed by atoms with Crippen molar-refractivity contribution in [1.29, 1.82) is 0 Å². The minimum absolute atomic E-state index is 0.0362.